The van der Waals surface area contributed by atoms with Gasteiger partial charge in [0.25, 0.3) is 5.91 Å². The van der Waals surface area contributed by atoms with Gasteiger partial charge in [0.1, 0.15) is 0 Å². The molecule has 2 N–H and O–H groups in total. The number of imidazole rings is 1. The summed E-state index contributed by atoms with van der Waals surface area (Å²) in [6.45, 7) is -0.188. The molecule has 0 radical (unpaired) electrons. The molecular weight excluding hydrogens is 397 g/mol. The molecule has 0 fully saturated rings. The van der Waals surface area contributed by atoms with Gasteiger partial charge in [-0.3, -0.25) is 9.78 Å². The van der Waals surface area contributed by atoms with Gasteiger partial charge in [0.05, 0.1) is 34.8 Å². The van der Waals surface area contributed by atoms with Crippen LogP contribution in [0.2, 0.25) is 5.02 Å². The van der Waals surface area contributed by atoms with Crippen molar-refractivity contribution >= 4 is 23.3 Å². The Kier molecular flexibility index (Phi) is 5.66. The number of alkyl halides is 3. The van der Waals surface area contributed by atoms with Crippen LogP contribution in [0.3, 0.4) is 0 Å². The molecule has 10 heteroatoms. The Morgan fingerprint density at radius 3 is 2.71 bits per heavy atom. The molecule has 3 rings (SSSR count). The van der Waals surface area contributed by atoms with Crippen LogP contribution in [0.5, 0.6) is 0 Å². The first-order valence-corrected chi connectivity index (χ1v) is 8.38. The topological polar surface area (TPSA) is 80.0 Å². The van der Waals surface area contributed by atoms with Crippen molar-refractivity contribution in [2.45, 2.75) is 19.3 Å². The van der Waals surface area contributed by atoms with E-state index in [4.69, 9.17) is 16.7 Å². The molecule has 6 nitrogen and oxygen atoms in total. The van der Waals surface area contributed by atoms with Crippen LogP contribution in [0.4, 0.5) is 19.0 Å². The summed E-state index contributed by atoms with van der Waals surface area (Å²) in [6.07, 6.45) is -0.247. The first-order valence-electron chi connectivity index (χ1n) is 8.01. The van der Waals surface area contributed by atoms with Crippen molar-refractivity contribution < 1.29 is 23.1 Å². The highest BCUT2D eigenvalue weighted by atomic mass is 35.5. The molecule has 0 aliphatic heterocycles. The van der Waals surface area contributed by atoms with E-state index in [1.54, 1.807) is 10.6 Å². The van der Waals surface area contributed by atoms with E-state index in [-0.39, 0.29) is 35.2 Å². The predicted molar refractivity (Wildman–Crippen MR) is 95.9 cm³/mol. The van der Waals surface area contributed by atoms with Gasteiger partial charge < -0.3 is 15.0 Å². The number of aliphatic hydroxyl groups excluding tert-OH is 1. The van der Waals surface area contributed by atoms with Crippen molar-refractivity contribution in [3.8, 4) is 0 Å². The van der Waals surface area contributed by atoms with Crippen molar-refractivity contribution in [3.63, 3.8) is 0 Å². The van der Waals surface area contributed by atoms with Gasteiger partial charge in [0, 0.05) is 18.9 Å². The highest BCUT2D eigenvalue weighted by Gasteiger charge is 2.30. The van der Waals surface area contributed by atoms with E-state index in [9.17, 15) is 18.0 Å². The fraction of sp³-hybridized carbons (Fsp3) is 0.167. The maximum atomic E-state index is 12.8. The lowest BCUT2D eigenvalue weighted by Crippen LogP contribution is -2.13. The average Bonchev–Trinajstić information content (AvgIpc) is 3.08. The summed E-state index contributed by atoms with van der Waals surface area (Å²) in [5, 5.41) is 11.8. The number of halogens is 4. The molecule has 0 atom stereocenters. The number of hydrogen-bond acceptors (Lipinski definition) is 4. The number of nitrogens with zero attached hydrogens (tertiary/aromatic N) is 3. The van der Waals surface area contributed by atoms with Gasteiger partial charge in [-0.25, -0.2) is 4.98 Å². The number of aliphatic hydroxyl groups is 1. The summed E-state index contributed by atoms with van der Waals surface area (Å²) in [6, 6.07) is 6.35. The van der Waals surface area contributed by atoms with Gasteiger partial charge in [-0.15, -0.1) is 0 Å². The minimum atomic E-state index is -4.41. The lowest BCUT2D eigenvalue weighted by atomic mass is 10.1. The van der Waals surface area contributed by atoms with Gasteiger partial charge in [-0.05, 0) is 23.8 Å². The van der Waals surface area contributed by atoms with Crippen molar-refractivity contribution in [2.75, 3.05) is 5.32 Å². The standard InChI is InChI=1S/C18H14ClF3N4O2/c19-14-5-12(6-23-15(14)9-27)17(28)25-16-8-26(10-24-16)7-11-2-1-3-13(4-11)18(20,21)22/h1-6,8,10,27H,7,9H2,(H,25,28). The molecule has 1 amide bonds. The van der Waals surface area contributed by atoms with Crippen LogP contribution in [0, 0.1) is 0 Å². The second kappa shape index (κ2) is 7.99. The Balaban J connectivity index is 1.69. The van der Waals surface area contributed by atoms with Crippen LogP contribution >= 0.6 is 11.6 Å². The number of aromatic nitrogens is 3. The Hall–Kier alpha value is -2.91. The maximum Gasteiger partial charge on any atom is 0.416 e. The molecule has 0 spiro atoms. The molecule has 0 saturated heterocycles. The minimum Gasteiger partial charge on any atom is -0.390 e. The summed E-state index contributed by atoms with van der Waals surface area (Å²) >= 11 is 5.91. The van der Waals surface area contributed by atoms with E-state index in [0.717, 1.165) is 12.1 Å². The Morgan fingerprint density at radius 1 is 1.25 bits per heavy atom. The Labute approximate surface area is 162 Å². The second-order valence-corrected chi connectivity index (χ2v) is 6.30. The number of carbonyl (C=O) groups excluding carboxylic acids is 1. The number of pyridine rings is 1. The van der Waals surface area contributed by atoms with E-state index in [1.807, 2.05) is 0 Å². The first kappa shape index (κ1) is 19.8. The lowest BCUT2D eigenvalue weighted by molar-refractivity contribution is -0.137. The van der Waals surface area contributed by atoms with Crippen LogP contribution in [-0.2, 0) is 19.3 Å². The van der Waals surface area contributed by atoms with Crippen LogP contribution in [0.25, 0.3) is 0 Å². The first-order chi connectivity index (χ1) is 13.3. The zero-order chi connectivity index (χ0) is 20.3. The van der Waals surface area contributed by atoms with E-state index >= 15 is 0 Å². The molecule has 146 valence electrons. The summed E-state index contributed by atoms with van der Waals surface area (Å²) < 4.78 is 39.9. The summed E-state index contributed by atoms with van der Waals surface area (Å²) in [7, 11) is 0. The highest BCUT2D eigenvalue weighted by molar-refractivity contribution is 6.31. The summed E-state index contributed by atoms with van der Waals surface area (Å²) in [4.78, 5) is 20.2. The summed E-state index contributed by atoms with van der Waals surface area (Å²) in [5.41, 5.74) is 0.147. The van der Waals surface area contributed by atoms with Crippen LogP contribution in [0.1, 0.15) is 27.2 Å². The zero-order valence-electron chi connectivity index (χ0n) is 14.2. The normalized spacial score (nSPS) is 11.5. The molecule has 3 aromatic rings. The SMILES string of the molecule is O=C(Nc1cn(Cc2cccc(C(F)(F)F)c2)cn1)c1cnc(CO)c(Cl)c1. The molecule has 0 aliphatic carbocycles. The largest absolute Gasteiger partial charge is 0.416 e. The van der Waals surface area contributed by atoms with Crippen molar-refractivity contribution in [1.29, 1.82) is 0 Å². The van der Waals surface area contributed by atoms with Crippen LogP contribution in [-0.4, -0.2) is 25.5 Å². The number of rotatable bonds is 5. The lowest BCUT2D eigenvalue weighted by Gasteiger charge is -2.09. The van der Waals surface area contributed by atoms with E-state index < -0.39 is 17.6 Å². The third-order valence-electron chi connectivity index (χ3n) is 3.82. The van der Waals surface area contributed by atoms with Gasteiger partial charge in [-0.1, -0.05) is 23.7 Å². The number of benzene rings is 1. The molecule has 2 heterocycles. The van der Waals surface area contributed by atoms with E-state index in [0.29, 0.717) is 5.56 Å². The van der Waals surface area contributed by atoms with Crippen LogP contribution in [0.15, 0.2) is 49.1 Å². The number of carbonyl (C=O) groups is 1. The van der Waals surface area contributed by atoms with Crippen molar-refractivity contribution in [2.24, 2.45) is 0 Å². The molecule has 0 bridgehead atoms. The maximum absolute atomic E-state index is 12.8. The van der Waals surface area contributed by atoms with Gasteiger partial charge in [0.2, 0.25) is 0 Å². The summed E-state index contributed by atoms with van der Waals surface area (Å²) in [5.74, 6) is -0.289. The molecule has 2 aromatic heterocycles. The van der Waals surface area contributed by atoms with E-state index in [2.05, 4.69) is 15.3 Å². The van der Waals surface area contributed by atoms with Gasteiger partial charge in [0.15, 0.2) is 5.82 Å². The smallest absolute Gasteiger partial charge is 0.390 e. The molecule has 0 aliphatic rings. The Bertz CT molecular complexity index is 1000. The highest BCUT2D eigenvalue weighted by Crippen LogP contribution is 2.29. The quantitative estimate of drug-likeness (QED) is 0.671. The monoisotopic (exact) mass is 410 g/mol. The Morgan fingerprint density at radius 2 is 2.04 bits per heavy atom. The predicted octanol–water partition coefficient (Wildman–Crippen LogP) is 3.74. The zero-order valence-corrected chi connectivity index (χ0v) is 15.0. The van der Waals surface area contributed by atoms with Gasteiger partial charge in [-0.2, -0.15) is 13.2 Å². The second-order valence-electron chi connectivity index (χ2n) is 5.89. The molecule has 0 unspecified atom stereocenters. The fourth-order valence-corrected chi connectivity index (χ4v) is 2.69. The van der Waals surface area contributed by atoms with Crippen molar-refractivity contribution in [1.82, 2.24) is 14.5 Å². The van der Waals surface area contributed by atoms with Crippen molar-refractivity contribution in [3.05, 3.63) is 76.5 Å². The number of anilines is 1. The number of amides is 1. The molecule has 1 aromatic carbocycles. The fourth-order valence-electron chi connectivity index (χ4n) is 2.46. The minimum absolute atomic E-state index is 0.158. The van der Waals surface area contributed by atoms with Crippen LogP contribution < -0.4 is 5.32 Å². The molecule has 28 heavy (non-hydrogen) atoms. The third-order valence-corrected chi connectivity index (χ3v) is 4.15. The van der Waals surface area contributed by atoms with Gasteiger partial charge >= 0.3 is 6.18 Å². The molecule has 0 saturated carbocycles. The molecular formula is C18H14ClF3N4O2. The average molecular weight is 411 g/mol. The van der Waals surface area contributed by atoms with E-state index in [1.165, 1.54) is 30.9 Å². The number of nitrogens with one attached hydrogen (secondary N) is 1. The third kappa shape index (κ3) is 4.68. The number of hydrogen-bond donors (Lipinski definition) is 2.